The van der Waals surface area contributed by atoms with E-state index < -0.39 is 23.1 Å². The van der Waals surface area contributed by atoms with Crippen LogP contribution in [0.25, 0.3) is 0 Å². The van der Waals surface area contributed by atoms with Crippen molar-refractivity contribution in [3.63, 3.8) is 0 Å². The zero-order chi connectivity index (χ0) is 14.9. The molecular formula is C14H15Br2F2NO. The summed E-state index contributed by atoms with van der Waals surface area (Å²) in [6, 6.07) is 2.19. The Morgan fingerprint density at radius 3 is 2.35 bits per heavy atom. The lowest BCUT2D eigenvalue weighted by molar-refractivity contribution is 0.0695. The molecule has 20 heavy (non-hydrogen) atoms. The molecule has 1 aromatic carbocycles. The van der Waals surface area contributed by atoms with Crippen molar-refractivity contribution in [3.8, 4) is 0 Å². The Bertz CT molecular complexity index is 501. The van der Waals surface area contributed by atoms with Gasteiger partial charge in [0.15, 0.2) is 0 Å². The molecule has 0 aliphatic heterocycles. The Kier molecular flexibility index (Phi) is 5.18. The summed E-state index contributed by atoms with van der Waals surface area (Å²) in [4.78, 5) is 14.0. The van der Waals surface area contributed by atoms with Crippen molar-refractivity contribution in [1.82, 2.24) is 4.90 Å². The second kappa shape index (κ2) is 6.52. The third-order valence-electron chi connectivity index (χ3n) is 3.69. The molecule has 0 N–H and O–H groups in total. The molecule has 1 saturated carbocycles. The van der Waals surface area contributed by atoms with Crippen LogP contribution >= 0.6 is 31.9 Å². The van der Waals surface area contributed by atoms with E-state index in [0.717, 1.165) is 37.8 Å². The first kappa shape index (κ1) is 15.9. The fraction of sp³-hybridized carbons (Fsp3) is 0.500. The Balaban J connectivity index is 2.27. The van der Waals surface area contributed by atoms with Crippen molar-refractivity contribution in [1.29, 1.82) is 0 Å². The minimum Gasteiger partial charge on any atom is -0.337 e. The van der Waals surface area contributed by atoms with Crippen LogP contribution in [0.5, 0.6) is 0 Å². The summed E-state index contributed by atoms with van der Waals surface area (Å²) in [5.74, 6) is -2.28. The molecule has 1 aliphatic rings. The molecule has 2 rings (SSSR count). The van der Waals surface area contributed by atoms with Crippen LogP contribution in [-0.4, -0.2) is 28.7 Å². The molecule has 0 bridgehead atoms. The topological polar surface area (TPSA) is 20.3 Å². The van der Waals surface area contributed by atoms with Crippen LogP contribution in [-0.2, 0) is 0 Å². The average molecular weight is 411 g/mol. The van der Waals surface area contributed by atoms with Crippen molar-refractivity contribution >= 4 is 37.8 Å². The van der Waals surface area contributed by atoms with Gasteiger partial charge in [-0.1, -0.05) is 44.7 Å². The average Bonchev–Trinajstić information content (AvgIpc) is 2.37. The maximum absolute atomic E-state index is 13.9. The second-order valence-corrected chi connectivity index (χ2v) is 7.12. The highest BCUT2D eigenvalue weighted by molar-refractivity contribution is 9.10. The molecule has 110 valence electrons. The number of carbonyl (C=O) groups is 1. The SMILES string of the molecule is CN(C(=O)c1c(F)cc(Br)cc1F)C1CCCCC1Br. The number of amides is 1. The second-order valence-electron chi connectivity index (χ2n) is 5.03. The van der Waals surface area contributed by atoms with Gasteiger partial charge >= 0.3 is 0 Å². The predicted molar refractivity (Wildman–Crippen MR) is 81.1 cm³/mol. The first-order chi connectivity index (χ1) is 9.41. The maximum Gasteiger partial charge on any atom is 0.259 e. The summed E-state index contributed by atoms with van der Waals surface area (Å²) in [5, 5.41) is 0. The van der Waals surface area contributed by atoms with Gasteiger partial charge in [-0.2, -0.15) is 0 Å². The maximum atomic E-state index is 13.9. The summed E-state index contributed by atoms with van der Waals surface area (Å²) in [6.45, 7) is 0. The highest BCUT2D eigenvalue weighted by atomic mass is 79.9. The standard InChI is InChI=1S/C14H15Br2F2NO/c1-19(12-5-3-2-4-9(12)16)14(20)13-10(17)6-8(15)7-11(13)18/h6-7,9,12H,2-5H2,1H3. The summed E-state index contributed by atoms with van der Waals surface area (Å²) < 4.78 is 28.0. The lowest BCUT2D eigenvalue weighted by Gasteiger charge is -2.35. The van der Waals surface area contributed by atoms with E-state index in [-0.39, 0.29) is 15.3 Å². The Morgan fingerprint density at radius 2 is 1.80 bits per heavy atom. The van der Waals surface area contributed by atoms with Crippen molar-refractivity contribution < 1.29 is 13.6 Å². The summed E-state index contributed by atoms with van der Waals surface area (Å²) in [7, 11) is 1.60. The van der Waals surface area contributed by atoms with Crippen LogP contribution in [0.4, 0.5) is 8.78 Å². The fourth-order valence-corrected chi connectivity index (χ4v) is 3.92. The van der Waals surface area contributed by atoms with Crippen molar-refractivity contribution in [2.75, 3.05) is 7.05 Å². The molecular weight excluding hydrogens is 396 g/mol. The van der Waals surface area contributed by atoms with E-state index in [4.69, 9.17) is 0 Å². The molecule has 1 amide bonds. The monoisotopic (exact) mass is 409 g/mol. The van der Waals surface area contributed by atoms with E-state index in [1.54, 1.807) is 7.05 Å². The highest BCUT2D eigenvalue weighted by Gasteiger charge is 2.31. The summed E-state index contributed by atoms with van der Waals surface area (Å²) >= 11 is 6.56. The number of alkyl halides is 1. The lowest BCUT2D eigenvalue weighted by Crippen LogP contribution is -2.44. The fourth-order valence-electron chi connectivity index (χ4n) is 2.58. The predicted octanol–water partition coefficient (Wildman–Crippen LogP) is 4.51. The normalized spacial score (nSPS) is 22.6. The van der Waals surface area contributed by atoms with E-state index in [1.807, 2.05) is 0 Å². The van der Waals surface area contributed by atoms with E-state index in [0.29, 0.717) is 0 Å². The van der Waals surface area contributed by atoms with Crippen LogP contribution < -0.4 is 0 Å². The van der Waals surface area contributed by atoms with Crippen molar-refractivity contribution in [2.45, 2.75) is 36.6 Å². The minimum absolute atomic E-state index is 0.0290. The van der Waals surface area contributed by atoms with Crippen molar-refractivity contribution in [3.05, 3.63) is 33.8 Å². The molecule has 0 aromatic heterocycles. The van der Waals surface area contributed by atoms with Gasteiger partial charge in [0.1, 0.15) is 17.2 Å². The number of nitrogens with zero attached hydrogens (tertiary/aromatic N) is 1. The highest BCUT2D eigenvalue weighted by Crippen LogP contribution is 2.29. The first-order valence-corrected chi connectivity index (χ1v) is 8.18. The molecule has 0 saturated heterocycles. The Labute approximate surface area is 133 Å². The van der Waals surface area contributed by atoms with E-state index in [1.165, 1.54) is 4.90 Å². The third kappa shape index (κ3) is 3.22. The molecule has 0 heterocycles. The van der Waals surface area contributed by atoms with Crippen LogP contribution in [0.3, 0.4) is 0 Å². The van der Waals surface area contributed by atoms with Gasteiger partial charge in [0.05, 0.1) is 0 Å². The zero-order valence-electron chi connectivity index (χ0n) is 11.0. The van der Waals surface area contributed by atoms with Gasteiger partial charge in [0.25, 0.3) is 5.91 Å². The molecule has 2 unspecified atom stereocenters. The number of hydrogen-bond acceptors (Lipinski definition) is 1. The van der Waals surface area contributed by atoms with E-state index in [2.05, 4.69) is 31.9 Å². The molecule has 6 heteroatoms. The smallest absolute Gasteiger partial charge is 0.259 e. The van der Waals surface area contributed by atoms with Crippen LogP contribution in [0.2, 0.25) is 0 Å². The quantitative estimate of drug-likeness (QED) is 0.657. The van der Waals surface area contributed by atoms with Gasteiger partial charge in [-0.15, -0.1) is 0 Å². The number of carbonyl (C=O) groups excluding carboxylic acids is 1. The molecule has 1 fully saturated rings. The number of halogens is 4. The Hall–Kier alpha value is -0.490. The van der Waals surface area contributed by atoms with Gasteiger partial charge in [0, 0.05) is 22.4 Å². The molecule has 0 spiro atoms. The zero-order valence-corrected chi connectivity index (χ0v) is 14.2. The number of benzene rings is 1. The van der Waals surface area contributed by atoms with Gasteiger partial charge < -0.3 is 4.90 Å². The van der Waals surface area contributed by atoms with Gasteiger partial charge in [-0.05, 0) is 25.0 Å². The van der Waals surface area contributed by atoms with Gasteiger partial charge in [-0.3, -0.25) is 4.79 Å². The molecule has 2 atom stereocenters. The summed E-state index contributed by atoms with van der Waals surface area (Å²) in [5.41, 5.74) is -0.485. The van der Waals surface area contributed by atoms with Crippen LogP contribution in [0.1, 0.15) is 36.0 Å². The van der Waals surface area contributed by atoms with E-state index >= 15 is 0 Å². The third-order valence-corrected chi connectivity index (χ3v) is 5.21. The summed E-state index contributed by atoms with van der Waals surface area (Å²) in [6.07, 6.45) is 3.94. The molecule has 2 nitrogen and oxygen atoms in total. The number of hydrogen-bond donors (Lipinski definition) is 0. The lowest BCUT2D eigenvalue weighted by atomic mass is 9.94. The largest absolute Gasteiger partial charge is 0.337 e. The van der Waals surface area contributed by atoms with Gasteiger partial charge in [-0.25, -0.2) is 8.78 Å². The molecule has 0 radical (unpaired) electrons. The van der Waals surface area contributed by atoms with Gasteiger partial charge in [0.2, 0.25) is 0 Å². The number of rotatable bonds is 2. The van der Waals surface area contributed by atoms with Crippen LogP contribution in [0.15, 0.2) is 16.6 Å². The van der Waals surface area contributed by atoms with E-state index in [9.17, 15) is 13.6 Å². The van der Waals surface area contributed by atoms with Crippen molar-refractivity contribution in [2.24, 2.45) is 0 Å². The van der Waals surface area contributed by atoms with Crippen LogP contribution in [0, 0.1) is 11.6 Å². The minimum atomic E-state index is -0.837. The first-order valence-electron chi connectivity index (χ1n) is 6.47. The molecule has 1 aliphatic carbocycles. The Morgan fingerprint density at radius 1 is 1.25 bits per heavy atom. The molecule has 1 aromatic rings.